The first-order valence-electron chi connectivity index (χ1n) is 11.3. The number of likely N-dealkylation sites (tertiary alicyclic amines) is 1. The number of aryl methyl sites for hydroxylation is 1. The molecule has 0 amide bonds. The molecule has 0 bridgehead atoms. The Morgan fingerprint density at radius 2 is 1.82 bits per heavy atom. The fourth-order valence-corrected chi connectivity index (χ4v) is 6.14. The number of halogens is 1. The van der Waals surface area contributed by atoms with Crippen molar-refractivity contribution in [2.75, 3.05) is 19.6 Å². The molecule has 6 nitrogen and oxygen atoms in total. The van der Waals surface area contributed by atoms with Crippen LogP contribution in [-0.2, 0) is 16.4 Å². The van der Waals surface area contributed by atoms with Crippen LogP contribution >= 0.6 is 0 Å². The van der Waals surface area contributed by atoms with Crippen molar-refractivity contribution in [2.24, 2.45) is 0 Å². The second-order valence-electron chi connectivity index (χ2n) is 8.59. The van der Waals surface area contributed by atoms with Crippen LogP contribution < -0.4 is 4.72 Å². The number of benzene rings is 3. The molecule has 1 saturated heterocycles. The maximum absolute atomic E-state index is 13.3. The SMILES string of the molecule is O=S(=O)(NC1CCN(CCCc2noc3cc(F)ccc23)CC1)c1cccc2ccccc12. The van der Waals surface area contributed by atoms with Crippen LogP contribution in [0.25, 0.3) is 21.7 Å². The standard InChI is InChI=1S/C25H26FN3O3S/c26-19-10-11-22-23(27-32-24(22)17-19)8-4-14-29-15-12-20(13-16-29)28-33(30,31)25-9-3-6-18-5-1-2-7-21(18)25/h1-3,5-7,9-11,17,20,28H,4,8,12-16H2. The Bertz CT molecular complexity index is 1370. The summed E-state index contributed by atoms with van der Waals surface area (Å²) >= 11 is 0. The highest BCUT2D eigenvalue weighted by Crippen LogP contribution is 2.24. The van der Waals surface area contributed by atoms with E-state index in [-0.39, 0.29) is 11.9 Å². The number of nitrogens with zero attached hydrogens (tertiary/aromatic N) is 2. The minimum atomic E-state index is -3.59. The van der Waals surface area contributed by atoms with Gasteiger partial charge in [0.25, 0.3) is 0 Å². The van der Waals surface area contributed by atoms with Crippen molar-refractivity contribution in [1.29, 1.82) is 0 Å². The summed E-state index contributed by atoms with van der Waals surface area (Å²) in [5.74, 6) is -0.329. The van der Waals surface area contributed by atoms with Crippen LogP contribution in [-0.4, -0.2) is 44.2 Å². The summed E-state index contributed by atoms with van der Waals surface area (Å²) in [6.45, 7) is 2.58. The summed E-state index contributed by atoms with van der Waals surface area (Å²) < 4.78 is 47.6. The van der Waals surface area contributed by atoms with Crippen LogP contribution in [0.4, 0.5) is 4.39 Å². The van der Waals surface area contributed by atoms with Gasteiger partial charge in [0.2, 0.25) is 10.0 Å². The molecule has 1 aromatic heterocycles. The van der Waals surface area contributed by atoms with Gasteiger partial charge in [-0.1, -0.05) is 41.6 Å². The zero-order chi connectivity index (χ0) is 22.8. The van der Waals surface area contributed by atoms with Crippen LogP contribution in [0.5, 0.6) is 0 Å². The van der Waals surface area contributed by atoms with E-state index in [4.69, 9.17) is 4.52 Å². The van der Waals surface area contributed by atoms with E-state index >= 15 is 0 Å². The predicted molar refractivity (Wildman–Crippen MR) is 126 cm³/mol. The summed E-state index contributed by atoms with van der Waals surface area (Å²) in [5, 5.41) is 6.60. The molecule has 1 aliphatic rings. The average Bonchev–Trinajstić information content (AvgIpc) is 3.21. The van der Waals surface area contributed by atoms with Crippen LogP contribution in [0.2, 0.25) is 0 Å². The van der Waals surface area contributed by atoms with Gasteiger partial charge in [0, 0.05) is 22.9 Å². The van der Waals surface area contributed by atoms with Crippen LogP contribution in [0.1, 0.15) is 25.0 Å². The lowest BCUT2D eigenvalue weighted by Gasteiger charge is -2.32. The molecule has 1 N–H and O–H groups in total. The molecular formula is C25H26FN3O3S. The van der Waals surface area contributed by atoms with Crippen molar-refractivity contribution >= 4 is 31.8 Å². The third kappa shape index (κ3) is 4.78. The van der Waals surface area contributed by atoms with Gasteiger partial charge in [-0.25, -0.2) is 17.5 Å². The van der Waals surface area contributed by atoms with Crippen LogP contribution in [0, 0.1) is 5.82 Å². The molecule has 0 atom stereocenters. The summed E-state index contributed by atoms with van der Waals surface area (Å²) in [6.07, 6.45) is 3.21. The molecule has 0 radical (unpaired) electrons. The van der Waals surface area contributed by atoms with Gasteiger partial charge < -0.3 is 9.42 Å². The maximum Gasteiger partial charge on any atom is 0.241 e. The number of nitrogens with one attached hydrogen (secondary N) is 1. The van der Waals surface area contributed by atoms with E-state index < -0.39 is 10.0 Å². The number of hydrogen-bond acceptors (Lipinski definition) is 5. The molecule has 1 fully saturated rings. The van der Waals surface area contributed by atoms with Gasteiger partial charge in [0.05, 0.1) is 10.6 Å². The van der Waals surface area contributed by atoms with Gasteiger partial charge in [-0.15, -0.1) is 0 Å². The second kappa shape index (κ2) is 9.21. The molecule has 2 heterocycles. The highest BCUT2D eigenvalue weighted by atomic mass is 32.2. The Balaban J connectivity index is 1.14. The third-order valence-electron chi connectivity index (χ3n) is 6.35. The number of fused-ring (bicyclic) bond motifs is 2. The molecule has 3 aromatic carbocycles. The lowest BCUT2D eigenvalue weighted by atomic mass is 10.1. The molecular weight excluding hydrogens is 441 g/mol. The van der Waals surface area contributed by atoms with Crippen molar-refractivity contribution in [2.45, 2.75) is 36.6 Å². The van der Waals surface area contributed by atoms with E-state index in [1.807, 2.05) is 30.3 Å². The maximum atomic E-state index is 13.3. The molecule has 0 unspecified atom stereocenters. The van der Waals surface area contributed by atoms with E-state index in [1.54, 1.807) is 18.2 Å². The van der Waals surface area contributed by atoms with Gasteiger partial charge in [0.1, 0.15) is 5.82 Å². The number of piperidine rings is 1. The topological polar surface area (TPSA) is 75.4 Å². The molecule has 5 rings (SSSR count). The monoisotopic (exact) mass is 467 g/mol. The molecule has 8 heteroatoms. The van der Waals surface area contributed by atoms with Crippen LogP contribution in [0.3, 0.4) is 0 Å². The first kappa shape index (κ1) is 22.0. The Morgan fingerprint density at radius 1 is 1.03 bits per heavy atom. The number of sulfonamides is 1. The summed E-state index contributed by atoms with van der Waals surface area (Å²) in [6, 6.07) is 17.3. The van der Waals surface area contributed by atoms with Crippen molar-refractivity contribution in [3.63, 3.8) is 0 Å². The van der Waals surface area contributed by atoms with Gasteiger partial charge >= 0.3 is 0 Å². The summed E-state index contributed by atoms with van der Waals surface area (Å²) in [5.41, 5.74) is 1.33. The summed E-state index contributed by atoms with van der Waals surface area (Å²) in [4.78, 5) is 2.69. The van der Waals surface area contributed by atoms with Crippen molar-refractivity contribution in [3.05, 3.63) is 72.2 Å². The van der Waals surface area contributed by atoms with Gasteiger partial charge in [0.15, 0.2) is 5.58 Å². The number of hydrogen-bond donors (Lipinski definition) is 1. The number of aromatic nitrogens is 1. The Labute approximate surface area is 192 Å². The van der Waals surface area contributed by atoms with Crippen molar-refractivity contribution < 1.29 is 17.3 Å². The zero-order valence-corrected chi connectivity index (χ0v) is 19.0. The van der Waals surface area contributed by atoms with E-state index in [9.17, 15) is 12.8 Å². The Morgan fingerprint density at radius 3 is 2.67 bits per heavy atom. The van der Waals surface area contributed by atoms with E-state index in [2.05, 4.69) is 14.8 Å². The number of rotatable bonds is 7. The molecule has 172 valence electrons. The lowest BCUT2D eigenvalue weighted by molar-refractivity contribution is 0.205. The zero-order valence-electron chi connectivity index (χ0n) is 18.2. The minimum Gasteiger partial charge on any atom is -0.356 e. The smallest absolute Gasteiger partial charge is 0.241 e. The Kier molecular flexibility index (Phi) is 6.14. The lowest BCUT2D eigenvalue weighted by Crippen LogP contribution is -2.44. The normalized spacial score (nSPS) is 16.0. The molecule has 4 aromatic rings. The first-order valence-corrected chi connectivity index (χ1v) is 12.7. The van der Waals surface area contributed by atoms with Crippen LogP contribution in [0.15, 0.2) is 70.1 Å². The molecule has 1 aliphatic heterocycles. The van der Waals surface area contributed by atoms with Gasteiger partial charge in [-0.05, 0) is 68.9 Å². The van der Waals surface area contributed by atoms with E-state index in [1.165, 1.54) is 12.1 Å². The minimum absolute atomic E-state index is 0.0698. The molecule has 0 aliphatic carbocycles. The molecule has 0 spiro atoms. The van der Waals surface area contributed by atoms with Gasteiger partial charge in [-0.3, -0.25) is 0 Å². The Hall–Kier alpha value is -2.81. The van der Waals surface area contributed by atoms with E-state index in [0.29, 0.717) is 10.5 Å². The van der Waals surface area contributed by atoms with Crippen molar-refractivity contribution in [1.82, 2.24) is 14.8 Å². The fourth-order valence-electron chi connectivity index (χ4n) is 4.60. The summed E-state index contributed by atoms with van der Waals surface area (Å²) in [7, 11) is -3.59. The quantitative estimate of drug-likeness (QED) is 0.433. The average molecular weight is 468 g/mol. The first-order chi connectivity index (χ1) is 16.0. The highest BCUT2D eigenvalue weighted by molar-refractivity contribution is 7.89. The van der Waals surface area contributed by atoms with Gasteiger partial charge in [-0.2, -0.15) is 0 Å². The van der Waals surface area contributed by atoms with E-state index in [0.717, 1.165) is 67.2 Å². The second-order valence-corrected chi connectivity index (χ2v) is 10.3. The third-order valence-corrected chi connectivity index (χ3v) is 7.92. The van der Waals surface area contributed by atoms with Crippen molar-refractivity contribution in [3.8, 4) is 0 Å². The fraction of sp³-hybridized carbons (Fsp3) is 0.320. The highest BCUT2D eigenvalue weighted by Gasteiger charge is 2.25. The molecule has 33 heavy (non-hydrogen) atoms. The molecule has 0 saturated carbocycles. The largest absolute Gasteiger partial charge is 0.356 e. The predicted octanol–water partition coefficient (Wildman–Crippen LogP) is 4.50.